The number of carbonyl (C=O) groups excluding carboxylic acids is 1. The fraction of sp³-hybridized carbons (Fsp3) is 0.889. The molecule has 0 aromatic rings. The molecule has 0 heterocycles. The normalized spacial score (nSPS) is 25.2. The summed E-state index contributed by atoms with van der Waals surface area (Å²) in [5.74, 6) is -0.565. The van der Waals surface area contributed by atoms with Gasteiger partial charge in [0.2, 0.25) is 0 Å². The summed E-state index contributed by atoms with van der Waals surface area (Å²) < 4.78 is 12.6. The fourth-order valence-electron chi connectivity index (χ4n) is 1.99. The molecule has 1 rings (SSSR count). The van der Waals surface area contributed by atoms with Crippen LogP contribution in [0.2, 0.25) is 0 Å². The van der Waals surface area contributed by atoms with Gasteiger partial charge in [-0.25, -0.2) is 0 Å². The van der Waals surface area contributed by atoms with E-state index in [4.69, 9.17) is 0 Å². The Morgan fingerprint density at radius 1 is 1.25 bits per heavy atom. The van der Waals surface area contributed by atoms with Crippen molar-refractivity contribution in [2.75, 3.05) is 7.05 Å². The van der Waals surface area contributed by atoms with Crippen LogP contribution in [0, 0.1) is 16.7 Å². The first-order valence-electron chi connectivity index (χ1n) is 4.16. The molecule has 2 nitrogen and oxygen atoms in total. The molecular weight excluding hydrogens is 157 g/mol. The largest absolute Gasteiger partial charge is 0.272 e. The predicted molar refractivity (Wildman–Crippen MR) is 44.9 cm³/mol. The molecule has 1 fully saturated rings. The lowest BCUT2D eigenvalue weighted by Crippen LogP contribution is -2.22. The van der Waals surface area contributed by atoms with Crippen molar-refractivity contribution < 1.29 is 9.28 Å². The number of nitrogens with zero attached hydrogens (tertiary/aromatic N) is 1. The summed E-state index contributed by atoms with van der Waals surface area (Å²) >= 11 is 0. The third kappa shape index (κ3) is 0.952. The molecule has 1 aliphatic carbocycles. The zero-order chi connectivity index (χ0) is 9.73. The molecule has 1 aliphatic rings. The number of carbonyl (C=O) groups is 1. The van der Waals surface area contributed by atoms with Crippen LogP contribution in [-0.4, -0.2) is 18.1 Å². The zero-order valence-corrected chi connectivity index (χ0v) is 8.31. The third-order valence-electron chi connectivity index (χ3n) is 3.57. The Morgan fingerprint density at radius 3 is 1.67 bits per heavy atom. The second kappa shape index (κ2) is 2.21. The molecule has 3 heteroatoms. The van der Waals surface area contributed by atoms with Gasteiger partial charge in [0.25, 0.3) is 5.91 Å². The van der Waals surface area contributed by atoms with E-state index < -0.39 is 5.91 Å². The van der Waals surface area contributed by atoms with Gasteiger partial charge < -0.3 is 0 Å². The van der Waals surface area contributed by atoms with E-state index in [-0.39, 0.29) is 21.9 Å². The first-order valence-corrected chi connectivity index (χ1v) is 4.16. The minimum absolute atomic E-state index is 0.0650. The summed E-state index contributed by atoms with van der Waals surface area (Å²) in [6, 6.07) is 0. The van der Waals surface area contributed by atoms with Gasteiger partial charge in [0, 0.05) is 7.05 Å². The van der Waals surface area contributed by atoms with Gasteiger partial charge in [0.15, 0.2) is 0 Å². The Hall–Kier alpha value is -0.600. The lowest BCUT2D eigenvalue weighted by Gasteiger charge is -2.05. The van der Waals surface area contributed by atoms with E-state index in [9.17, 15) is 9.28 Å². The number of hydrogen-bond donors (Lipinski definition) is 0. The topological polar surface area (TPSA) is 20.3 Å². The molecule has 0 bridgehead atoms. The summed E-state index contributed by atoms with van der Waals surface area (Å²) in [5, 5.41) is 0.196. The van der Waals surface area contributed by atoms with Crippen LogP contribution in [0.1, 0.15) is 27.7 Å². The fourth-order valence-corrected chi connectivity index (χ4v) is 1.99. The van der Waals surface area contributed by atoms with Crippen molar-refractivity contribution in [3.8, 4) is 0 Å². The predicted octanol–water partition coefficient (Wildman–Crippen LogP) is 2.01. The molecule has 0 aromatic heterocycles. The number of amides is 1. The van der Waals surface area contributed by atoms with Crippen molar-refractivity contribution in [2.45, 2.75) is 27.7 Å². The van der Waals surface area contributed by atoms with Gasteiger partial charge in [-0.1, -0.05) is 32.2 Å². The highest BCUT2D eigenvalue weighted by Crippen LogP contribution is 2.68. The summed E-state index contributed by atoms with van der Waals surface area (Å²) in [6.07, 6.45) is 0. The van der Waals surface area contributed by atoms with E-state index in [0.717, 1.165) is 7.05 Å². The Bertz CT molecular complexity index is 207. The van der Waals surface area contributed by atoms with E-state index in [0.29, 0.717) is 0 Å². The zero-order valence-electron chi connectivity index (χ0n) is 8.31. The summed E-state index contributed by atoms with van der Waals surface area (Å²) in [4.78, 5) is 11.3. The summed E-state index contributed by atoms with van der Waals surface area (Å²) in [5.41, 5.74) is -0.130. The van der Waals surface area contributed by atoms with Gasteiger partial charge in [-0.2, -0.15) is 5.12 Å². The first kappa shape index (κ1) is 9.49. The molecule has 0 saturated heterocycles. The maximum atomic E-state index is 12.6. The van der Waals surface area contributed by atoms with Crippen molar-refractivity contribution in [1.82, 2.24) is 5.12 Å². The Kier molecular flexibility index (Phi) is 1.75. The standard InChI is InChI=1S/C9H16FNO/c1-8(2)6(9(8,3)4)7(12)11(5)10/h6H,1-5H3. The molecule has 0 radical (unpaired) electrons. The SMILES string of the molecule is CN(F)C(=O)C1C(C)(C)C1(C)C. The minimum Gasteiger partial charge on any atom is -0.272 e. The monoisotopic (exact) mass is 173 g/mol. The van der Waals surface area contributed by atoms with Crippen LogP contribution in [0.4, 0.5) is 4.48 Å². The molecule has 1 saturated carbocycles. The molecule has 0 N–H and O–H groups in total. The van der Waals surface area contributed by atoms with Gasteiger partial charge in [-0.05, 0) is 10.8 Å². The highest BCUT2D eigenvalue weighted by molar-refractivity contribution is 5.83. The number of halogens is 1. The Labute approximate surface area is 72.7 Å². The molecule has 12 heavy (non-hydrogen) atoms. The van der Waals surface area contributed by atoms with Crippen molar-refractivity contribution >= 4 is 5.91 Å². The maximum absolute atomic E-state index is 12.6. The van der Waals surface area contributed by atoms with Crippen LogP contribution >= 0.6 is 0 Å². The second-order valence-electron chi connectivity index (χ2n) is 4.69. The van der Waals surface area contributed by atoms with Crippen LogP contribution < -0.4 is 0 Å². The van der Waals surface area contributed by atoms with E-state index >= 15 is 0 Å². The van der Waals surface area contributed by atoms with E-state index in [1.807, 2.05) is 27.7 Å². The molecule has 1 amide bonds. The number of hydrogen-bond acceptors (Lipinski definition) is 1. The Balaban J connectivity index is 2.78. The molecule has 70 valence electrons. The van der Waals surface area contributed by atoms with Gasteiger partial charge >= 0.3 is 0 Å². The van der Waals surface area contributed by atoms with Crippen molar-refractivity contribution in [3.05, 3.63) is 0 Å². The van der Waals surface area contributed by atoms with Gasteiger partial charge in [-0.15, -0.1) is 0 Å². The van der Waals surface area contributed by atoms with Crippen LogP contribution in [0.15, 0.2) is 0 Å². The highest BCUT2D eigenvalue weighted by Gasteiger charge is 2.68. The molecule has 0 spiro atoms. The number of rotatable bonds is 1. The van der Waals surface area contributed by atoms with Crippen LogP contribution in [0.3, 0.4) is 0 Å². The van der Waals surface area contributed by atoms with Crippen molar-refractivity contribution in [1.29, 1.82) is 0 Å². The first-order chi connectivity index (χ1) is 5.23. The van der Waals surface area contributed by atoms with Gasteiger partial charge in [0.1, 0.15) is 0 Å². The lowest BCUT2D eigenvalue weighted by atomic mass is 10.0. The van der Waals surface area contributed by atoms with Crippen LogP contribution in [0.25, 0.3) is 0 Å². The molecular formula is C9H16FNO. The molecule has 0 atom stereocenters. The average molecular weight is 173 g/mol. The quantitative estimate of drug-likeness (QED) is 0.555. The minimum atomic E-state index is -0.398. The van der Waals surface area contributed by atoms with Crippen molar-refractivity contribution in [2.24, 2.45) is 16.7 Å². The maximum Gasteiger partial charge on any atom is 0.254 e. The van der Waals surface area contributed by atoms with Crippen molar-refractivity contribution in [3.63, 3.8) is 0 Å². The van der Waals surface area contributed by atoms with Gasteiger partial charge in [-0.3, -0.25) is 4.79 Å². The third-order valence-corrected chi connectivity index (χ3v) is 3.57. The van der Waals surface area contributed by atoms with Crippen LogP contribution in [-0.2, 0) is 4.79 Å². The molecule has 0 aromatic carbocycles. The summed E-state index contributed by atoms with van der Waals surface area (Å²) in [7, 11) is 1.16. The van der Waals surface area contributed by atoms with E-state index in [1.54, 1.807) is 0 Å². The van der Waals surface area contributed by atoms with E-state index in [1.165, 1.54) is 0 Å². The van der Waals surface area contributed by atoms with Crippen LogP contribution in [0.5, 0.6) is 0 Å². The van der Waals surface area contributed by atoms with Gasteiger partial charge in [0.05, 0.1) is 5.92 Å². The molecule has 0 unspecified atom stereocenters. The van der Waals surface area contributed by atoms with E-state index in [2.05, 4.69) is 0 Å². The summed E-state index contributed by atoms with van der Waals surface area (Å²) in [6.45, 7) is 8.00. The molecule has 0 aliphatic heterocycles. The second-order valence-corrected chi connectivity index (χ2v) is 4.69. The lowest BCUT2D eigenvalue weighted by molar-refractivity contribution is -0.146. The smallest absolute Gasteiger partial charge is 0.254 e. The highest BCUT2D eigenvalue weighted by atomic mass is 19.2. The average Bonchev–Trinajstić information content (AvgIpc) is 2.23. The Morgan fingerprint density at radius 2 is 1.58 bits per heavy atom.